The van der Waals surface area contributed by atoms with Gasteiger partial charge in [0, 0.05) is 24.6 Å². The minimum Gasteiger partial charge on any atom is -0.478 e. The highest BCUT2D eigenvalue weighted by Gasteiger charge is 2.59. The lowest BCUT2D eigenvalue weighted by Crippen LogP contribution is -2.33. The Hall–Kier alpha value is -3.48. The Morgan fingerprint density at radius 3 is 2.48 bits per heavy atom. The van der Waals surface area contributed by atoms with Crippen molar-refractivity contribution < 1.29 is 19.5 Å². The van der Waals surface area contributed by atoms with Crippen molar-refractivity contribution in [2.24, 2.45) is 23.7 Å². The van der Waals surface area contributed by atoms with Gasteiger partial charge in [-0.25, -0.2) is 9.69 Å². The molecule has 4 atom stereocenters. The molecular weight excluding hydrogens is 370 g/mol. The van der Waals surface area contributed by atoms with Crippen molar-refractivity contribution in [1.29, 1.82) is 0 Å². The first kappa shape index (κ1) is 17.6. The third-order valence-corrected chi connectivity index (χ3v) is 6.17. The van der Waals surface area contributed by atoms with Crippen LogP contribution in [0.4, 0.5) is 11.4 Å². The molecule has 3 aliphatic rings. The van der Waals surface area contributed by atoms with Gasteiger partial charge >= 0.3 is 5.97 Å². The third-order valence-electron chi connectivity index (χ3n) is 6.17. The molecule has 0 spiro atoms. The van der Waals surface area contributed by atoms with Gasteiger partial charge in [0.25, 0.3) is 0 Å². The van der Waals surface area contributed by atoms with Crippen LogP contribution in [-0.4, -0.2) is 27.9 Å². The number of aromatic nitrogens is 1. The van der Waals surface area contributed by atoms with Gasteiger partial charge in [0.1, 0.15) is 0 Å². The second-order valence-corrected chi connectivity index (χ2v) is 7.76. The number of allylic oxidation sites excluding steroid dienone is 2. The van der Waals surface area contributed by atoms with Crippen molar-refractivity contribution >= 4 is 29.2 Å². The molecule has 2 amide bonds. The van der Waals surface area contributed by atoms with E-state index in [9.17, 15) is 19.5 Å². The number of amides is 2. The molecule has 0 radical (unpaired) electrons. The van der Waals surface area contributed by atoms with E-state index in [2.05, 4.69) is 10.3 Å². The van der Waals surface area contributed by atoms with Crippen LogP contribution in [0.25, 0.3) is 0 Å². The fourth-order valence-electron chi connectivity index (χ4n) is 4.86. The Bertz CT molecular complexity index is 1020. The predicted molar refractivity (Wildman–Crippen MR) is 105 cm³/mol. The number of nitrogens with one attached hydrogen (secondary N) is 1. The number of rotatable bonds is 5. The smallest absolute Gasteiger partial charge is 0.337 e. The summed E-state index contributed by atoms with van der Waals surface area (Å²) in [7, 11) is 0. The van der Waals surface area contributed by atoms with Gasteiger partial charge in [0.15, 0.2) is 0 Å². The molecule has 1 aromatic heterocycles. The van der Waals surface area contributed by atoms with Crippen LogP contribution < -0.4 is 10.2 Å². The van der Waals surface area contributed by atoms with E-state index in [0.717, 1.165) is 12.0 Å². The van der Waals surface area contributed by atoms with Gasteiger partial charge < -0.3 is 10.4 Å². The summed E-state index contributed by atoms with van der Waals surface area (Å²) in [6.45, 7) is 0.411. The van der Waals surface area contributed by atoms with Crippen LogP contribution in [0.15, 0.2) is 54.9 Å². The molecule has 2 bridgehead atoms. The molecule has 0 unspecified atom stereocenters. The number of carbonyl (C=O) groups is 3. The van der Waals surface area contributed by atoms with Crippen LogP contribution in [-0.2, 0) is 16.1 Å². The average molecular weight is 389 g/mol. The number of hydrogen-bond acceptors (Lipinski definition) is 5. The Kier molecular flexibility index (Phi) is 3.97. The summed E-state index contributed by atoms with van der Waals surface area (Å²) in [5, 5.41) is 12.8. The van der Waals surface area contributed by atoms with Gasteiger partial charge in [-0.3, -0.25) is 14.6 Å². The number of carboxylic acid groups (broad SMARTS) is 1. The number of fused-ring (bicyclic) bond motifs is 5. The second kappa shape index (κ2) is 6.55. The van der Waals surface area contributed by atoms with Crippen LogP contribution in [0.1, 0.15) is 22.3 Å². The van der Waals surface area contributed by atoms with Crippen molar-refractivity contribution in [1.82, 2.24) is 4.98 Å². The summed E-state index contributed by atoms with van der Waals surface area (Å²) in [6, 6.07) is 8.33. The SMILES string of the molecule is O=C(O)c1cc(N2C(=O)[C@@H]3[C@@H](C2=O)[C@H]2C=C[C@@H]3C2)ccc1NCc1cccnc1. The van der Waals surface area contributed by atoms with Gasteiger partial charge in [0.2, 0.25) is 11.8 Å². The Morgan fingerprint density at radius 1 is 1.14 bits per heavy atom. The van der Waals surface area contributed by atoms with Gasteiger partial charge in [-0.05, 0) is 48.1 Å². The monoisotopic (exact) mass is 389 g/mol. The van der Waals surface area contributed by atoms with E-state index >= 15 is 0 Å². The zero-order chi connectivity index (χ0) is 20.1. The van der Waals surface area contributed by atoms with Crippen LogP contribution in [0.5, 0.6) is 0 Å². The molecule has 146 valence electrons. The van der Waals surface area contributed by atoms with E-state index in [1.54, 1.807) is 24.5 Å². The minimum absolute atomic E-state index is 0.0187. The largest absolute Gasteiger partial charge is 0.478 e. The Labute approximate surface area is 167 Å². The zero-order valence-corrected chi connectivity index (χ0v) is 15.5. The summed E-state index contributed by atoms with van der Waals surface area (Å²) < 4.78 is 0. The fraction of sp³-hybridized carbons (Fsp3) is 0.273. The van der Waals surface area contributed by atoms with Crippen LogP contribution in [0.3, 0.4) is 0 Å². The highest BCUT2D eigenvalue weighted by atomic mass is 16.4. The summed E-state index contributed by atoms with van der Waals surface area (Å²) in [6.07, 6.45) is 8.30. The van der Waals surface area contributed by atoms with Gasteiger partial charge in [-0.15, -0.1) is 0 Å². The molecule has 2 aliphatic carbocycles. The fourth-order valence-corrected chi connectivity index (χ4v) is 4.86. The summed E-state index contributed by atoms with van der Waals surface area (Å²) in [5.74, 6) is -1.95. The van der Waals surface area contributed by atoms with E-state index in [1.807, 2.05) is 24.3 Å². The molecule has 1 aliphatic heterocycles. The molecule has 1 aromatic carbocycles. The maximum atomic E-state index is 13.0. The molecule has 2 N–H and O–H groups in total. The quantitative estimate of drug-likeness (QED) is 0.603. The third kappa shape index (κ3) is 2.73. The molecule has 2 heterocycles. The van der Waals surface area contributed by atoms with Gasteiger partial charge in [0.05, 0.1) is 23.1 Å². The lowest BCUT2D eigenvalue weighted by atomic mass is 9.85. The number of nitrogens with zero attached hydrogens (tertiary/aromatic N) is 2. The van der Waals surface area contributed by atoms with Crippen molar-refractivity contribution in [2.75, 3.05) is 10.2 Å². The number of imide groups is 1. The molecule has 7 nitrogen and oxygen atoms in total. The van der Waals surface area contributed by atoms with Crippen molar-refractivity contribution in [3.8, 4) is 0 Å². The Balaban J connectivity index is 1.43. The maximum absolute atomic E-state index is 13.0. The number of hydrogen-bond donors (Lipinski definition) is 2. The first-order chi connectivity index (χ1) is 14.0. The van der Waals surface area contributed by atoms with Gasteiger partial charge in [-0.2, -0.15) is 0 Å². The molecule has 1 saturated heterocycles. The molecule has 2 aromatic rings. The standard InChI is InChI=1S/C22H19N3O4/c26-20-18-13-3-4-14(8-13)19(18)21(27)25(20)15-5-6-17(16(9-15)22(28)29)24-11-12-2-1-7-23-10-12/h1-7,9-10,13-14,18-19,24H,8,11H2,(H,28,29)/t13-,14+,18-,19-/m0/s1. The highest BCUT2D eigenvalue weighted by molar-refractivity contribution is 6.23. The number of aromatic carboxylic acids is 1. The van der Waals surface area contributed by atoms with Gasteiger partial charge in [-0.1, -0.05) is 18.2 Å². The molecule has 1 saturated carbocycles. The number of anilines is 2. The molecule has 29 heavy (non-hydrogen) atoms. The lowest BCUT2D eigenvalue weighted by Gasteiger charge is -2.19. The lowest BCUT2D eigenvalue weighted by molar-refractivity contribution is -0.123. The summed E-state index contributed by atoms with van der Waals surface area (Å²) >= 11 is 0. The minimum atomic E-state index is -1.12. The summed E-state index contributed by atoms with van der Waals surface area (Å²) in [4.78, 5) is 43.0. The van der Waals surface area contributed by atoms with E-state index in [4.69, 9.17) is 0 Å². The molecule has 5 rings (SSSR count). The topological polar surface area (TPSA) is 99.6 Å². The predicted octanol–water partition coefficient (Wildman–Crippen LogP) is 2.70. The zero-order valence-electron chi connectivity index (χ0n) is 15.5. The van der Waals surface area contributed by atoms with E-state index in [1.165, 1.54) is 11.0 Å². The van der Waals surface area contributed by atoms with Crippen molar-refractivity contribution in [3.63, 3.8) is 0 Å². The highest BCUT2D eigenvalue weighted by Crippen LogP contribution is 2.53. The molecular formula is C22H19N3O4. The van der Waals surface area contributed by atoms with Crippen molar-refractivity contribution in [2.45, 2.75) is 13.0 Å². The normalized spacial score (nSPS) is 26.8. The van der Waals surface area contributed by atoms with Crippen molar-refractivity contribution in [3.05, 3.63) is 66.0 Å². The first-order valence-corrected chi connectivity index (χ1v) is 9.61. The number of pyridine rings is 1. The summed E-state index contributed by atoms with van der Waals surface area (Å²) in [5.41, 5.74) is 1.67. The van der Waals surface area contributed by atoms with E-state index < -0.39 is 5.97 Å². The average Bonchev–Trinajstić information content (AvgIpc) is 3.41. The number of benzene rings is 1. The second-order valence-electron chi connectivity index (χ2n) is 7.76. The van der Waals surface area contributed by atoms with Crippen LogP contribution in [0.2, 0.25) is 0 Å². The van der Waals surface area contributed by atoms with Crippen LogP contribution >= 0.6 is 0 Å². The van der Waals surface area contributed by atoms with Crippen LogP contribution in [0, 0.1) is 23.7 Å². The maximum Gasteiger partial charge on any atom is 0.337 e. The first-order valence-electron chi connectivity index (χ1n) is 9.61. The number of carboxylic acids is 1. The molecule has 7 heteroatoms. The molecule has 2 fully saturated rings. The Morgan fingerprint density at radius 2 is 1.86 bits per heavy atom. The van der Waals surface area contributed by atoms with E-state index in [-0.39, 0.29) is 41.0 Å². The number of carbonyl (C=O) groups excluding carboxylic acids is 2. The van der Waals surface area contributed by atoms with E-state index in [0.29, 0.717) is 17.9 Å².